The van der Waals surface area contributed by atoms with Crippen LogP contribution in [0.25, 0.3) is 16.7 Å². The molecule has 0 aliphatic carbocycles. The second-order valence-corrected chi connectivity index (χ2v) is 9.69. The fourth-order valence-electron chi connectivity index (χ4n) is 3.49. The van der Waals surface area contributed by atoms with Gasteiger partial charge in [-0.05, 0) is 72.8 Å². The zero-order valence-corrected chi connectivity index (χ0v) is 21.4. The van der Waals surface area contributed by atoms with Gasteiger partial charge in [-0.15, -0.1) is 10.2 Å². The van der Waals surface area contributed by atoms with Crippen molar-refractivity contribution in [3.05, 3.63) is 29.6 Å². The van der Waals surface area contributed by atoms with Crippen LogP contribution in [0.4, 0.5) is 10.6 Å². The highest BCUT2D eigenvalue weighted by molar-refractivity contribution is 5.98. The van der Waals surface area contributed by atoms with Gasteiger partial charge in [0.25, 0.3) is 5.91 Å². The van der Waals surface area contributed by atoms with E-state index in [-0.39, 0.29) is 5.91 Å². The lowest BCUT2D eigenvalue weighted by Gasteiger charge is -2.19. The normalized spacial score (nSPS) is 11.7. The van der Waals surface area contributed by atoms with Gasteiger partial charge in [0.1, 0.15) is 11.4 Å². The minimum Gasteiger partial charge on any atom is -0.444 e. The van der Waals surface area contributed by atoms with Crippen LogP contribution in [0.15, 0.2) is 18.2 Å². The molecule has 0 saturated carbocycles. The number of aromatic nitrogens is 4. The quantitative estimate of drug-likeness (QED) is 0.375. The lowest BCUT2D eigenvalue weighted by molar-refractivity contribution is 0.0527. The summed E-state index contributed by atoms with van der Waals surface area (Å²) in [4.78, 5) is 31.1. The molecule has 1 aromatic carbocycles. The summed E-state index contributed by atoms with van der Waals surface area (Å²) in [6, 6.07) is 5.45. The number of hydrogen-bond donors (Lipinski definition) is 3. The Labute approximate surface area is 205 Å². The molecule has 11 nitrogen and oxygen atoms in total. The third-order valence-electron chi connectivity index (χ3n) is 5.16. The van der Waals surface area contributed by atoms with E-state index < -0.39 is 11.7 Å². The topological polar surface area (TPSA) is 126 Å². The first kappa shape index (κ1) is 26.1. The maximum atomic E-state index is 12.6. The molecule has 0 radical (unpaired) electrons. The number of rotatable bonds is 10. The van der Waals surface area contributed by atoms with E-state index in [0.29, 0.717) is 42.2 Å². The summed E-state index contributed by atoms with van der Waals surface area (Å²) < 4.78 is 7.17. The van der Waals surface area contributed by atoms with E-state index in [1.807, 2.05) is 57.2 Å². The van der Waals surface area contributed by atoms with Crippen LogP contribution in [-0.2, 0) is 4.74 Å². The number of nitrogens with zero attached hydrogens (tertiary/aromatic N) is 5. The van der Waals surface area contributed by atoms with Crippen molar-refractivity contribution in [2.45, 2.75) is 46.1 Å². The highest BCUT2D eigenvalue weighted by Crippen LogP contribution is 2.23. The molecule has 3 N–H and O–H groups in total. The van der Waals surface area contributed by atoms with Crippen molar-refractivity contribution >= 4 is 34.5 Å². The molecular weight excluding hydrogens is 448 g/mol. The Hall–Kier alpha value is -3.47. The van der Waals surface area contributed by atoms with Crippen molar-refractivity contribution in [3.8, 4) is 0 Å². The van der Waals surface area contributed by atoms with Gasteiger partial charge in [-0.2, -0.15) is 0 Å². The van der Waals surface area contributed by atoms with Gasteiger partial charge in [0.05, 0.1) is 11.0 Å². The van der Waals surface area contributed by atoms with Crippen molar-refractivity contribution < 1.29 is 14.3 Å². The van der Waals surface area contributed by atoms with Gasteiger partial charge in [0.2, 0.25) is 5.65 Å². The monoisotopic (exact) mass is 484 g/mol. The Bertz CT molecular complexity index is 1180. The number of benzene rings is 1. The third-order valence-corrected chi connectivity index (χ3v) is 5.16. The summed E-state index contributed by atoms with van der Waals surface area (Å²) in [5.74, 6) is 1.20. The summed E-state index contributed by atoms with van der Waals surface area (Å²) in [5, 5.41) is 17.5. The number of likely N-dealkylation sites (N-methyl/N-ethyl adjacent to an activating group) is 1. The zero-order valence-electron chi connectivity index (χ0n) is 21.4. The fourth-order valence-corrected chi connectivity index (χ4v) is 3.49. The number of ether oxygens (including phenoxy) is 1. The first-order valence-electron chi connectivity index (χ1n) is 11.8. The molecule has 35 heavy (non-hydrogen) atoms. The standard InChI is InChI=1S/C24H36N8O3/c1-16-29-30-21-20(25-11-7-8-12-27-23(34)35-24(2,3)4)28-18-15-17(9-10-19(18)32(16)21)22(33)26-13-14-31(5)6/h9-10,15H,7-8,11-14H2,1-6H3,(H,25,28)(H,26,33)(H,27,34). The van der Waals surface area contributed by atoms with Crippen LogP contribution in [0, 0.1) is 6.92 Å². The average Bonchev–Trinajstić information content (AvgIpc) is 3.16. The summed E-state index contributed by atoms with van der Waals surface area (Å²) in [7, 11) is 3.93. The number of nitrogens with one attached hydrogen (secondary N) is 3. The summed E-state index contributed by atoms with van der Waals surface area (Å²) in [6.07, 6.45) is 1.17. The number of hydrogen-bond acceptors (Lipinski definition) is 8. The Balaban J connectivity index is 1.66. The molecule has 190 valence electrons. The first-order valence-corrected chi connectivity index (χ1v) is 11.8. The molecule has 0 bridgehead atoms. The first-order chi connectivity index (χ1) is 16.5. The predicted octanol–water partition coefficient (Wildman–Crippen LogP) is 2.59. The van der Waals surface area contributed by atoms with Gasteiger partial charge < -0.3 is 25.6 Å². The van der Waals surface area contributed by atoms with E-state index in [1.165, 1.54) is 0 Å². The van der Waals surface area contributed by atoms with Crippen molar-refractivity contribution in [2.24, 2.45) is 0 Å². The Morgan fingerprint density at radius 2 is 1.80 bits per heavy atom. The Morgan fingerprint density at radius 1 is 1.06 bits per heavy atom. The minimum absolute atomic E-state index is 0.136. The van der Waals surface area contributed by atoms with Crippen molar-refractivity contribution in [3.63, 3.8) is 0 Å². The van der Waals surface area contributed by atoms with Crippen molar-refractivity contribution in [1.29, 1.82) is 0 Å². The van der Waals surface area contributed by atoms with Gasteiger partial charge in [-0.25, -0.2) is 9.78 Å². The van der Waals surface area contributed by atoms with Gasteiger partial charge in [0.15, 0.2) is 5.82 Å². The van der Waals surface area contributed by atoms with Crippen LogP contribution in [0.5, 0.6) is 0 Å². The molecule has 0 saturated heterocycles. The molecule has 2 aromatic heterocycles. The van der Waals surface area contributed by atoms with E-state index in [1.54, 1.807) is 12.1 Å². The lowest BCUT2D eigenvalue weighted by atomic mass is 10.1. The summed E-state index contributed by atoms with van der Waals surface area (Å²) in [6.45, 7) is 9.87. The van der Waals surface area contributed by atoms with E-state index in [0.717, 1.165) is 30.7 Å². The lowest BCUT2D eigenvalue weighted by Crippen LogP contribution is -2.33. The number of fused-ring (bicyclic) bond motifs is 3. The smallest absolute Gasteiger partial charge is 0.407 e. The number of amides is 2. The average molecular weight is 485 g/mol. The van der Waals surface area contributed by atoms with E-state index in [9.17, 15) is 9.59 Å². The fraction of sp³-hybridized carbons (Fsp3) is 0.542. The molecule has 0 aliphatic rings. The Morgan fingerprint density at radius 3 is 2.51 bits per heavy atom. The van der Waals surface area contributed by atoms with Crippen LogP contribution in [0.1, 0.15) is 49.8 Å². The number of unbranched alkanes of at least 4 members (excludes halogenated alkanes) is 1. The highest BCUT2D eigenvalue weighted by atomic mass is 16.6. The molecule has 3 rings (SSSR count). The number of carbonyl (C=O) groups is 2. The molecule has 0 atom stereocenters. The molecule has 0 spiro atoms. The highest BCUT2D eigenvalue weighted by Gasteiger charge is 2.16. The minimum atomic E-state index is -0.512. The molecule has 0 fully saturated rings. The van der Waals surface area contributed by atoms with Crippen molar-refractivity contribution in [1.82, 2.24) is 35.1 Å². The van der Waals surface area contributed by atoms with Crippen LogP contribution >= 0.6 is 0 Å². The number of anilines is 1. The zero-order chi connectivity index (χ0) is 25.6. The number of aryl methyl sites for hydroxylation is 1. The van der Waals surface area contributed by atoms with E-state index in [4.69, 9.17) is 9.72 Å². The van der Waals surface area contributed by atoms with Crippen molar-refractivity contribution in [2.75, 3.05) is 45.6 Å². The molecule has 2 heterocycles. The van der Waals surface area contributed by atoms with Gasteiger partial charge in [0, 0.05) is 31.7 Å². The van der Waals surface area contributed by atoms with Crippen LogP contribution in [0.3, 0.4) is 0 Å². The molecular formula is C24H36N8O3. The van der Waals surface area contributed by atoms with Crippen LogP contribution in [0.2, 0.25) is 0 Å². The summed E-state index contributed by atoms with van der Waals surface area (Å²) >= 11 is 0. The second-order valence-electron chi connectivity index (χ2n) is 9.69. The third kappa shape index (κ3) is 7.25. The molecule has 0 aliphatic heterocycles. The van der Waals surface area contributed by atoms with Gasteiger partial charge in [-0.3, -0.25) is 9.20 Å². The number of alkyl carbamates (subject to hydrolysis) is 1. The van der Waals surface area contributed by atoms with E-state index >= 15 is 0 Å². The Kier molecular flexibility index (Phi) is 8.44. The largest absolute Gasteiger partial charge is 0.444 e. The molecule has 3 aromatic rings. The SMILES string of the molecule is Cc1nnc2c(NCCCCNC(=O)OC(C)(C)C)nc3cc(C(=O)NCCN(C)C)ccc3n12. The van der Waals surface area contributed by atoms with Gasteiger partial charge >= 0.3 is 6.09 Å². The molecule has 11 heteroatoms. The molecule has 2 amide bonds. The maximum absolute atomic E-state index is 12.6. The van der Waals surface area contributed by atoms with Crippen LogP contribution < -0.4 is 16.0 Å². The maximum Gasteiger partial charge on any atom is 0.407 e. The van der Waals surface area contributed by atoms with Gasteiger partial charge in [-0.1, -0.05) is 0 Å². The molecule has 0 unspecified atom stereocenters. The predicted molar refractivity (Wildman–Crippen MR) is 136 cm³/mol. The van der Waals surface area contributed by atoms with E-state index in [2.05, 4.69) is 26.1 Å². The number of carbonyl (C=O) groups excluding carboxylic acids is 2. The van der Waals surface area contributed by atoms with Crippen LogP contribution in [-0.4, -0.2) is 82.4 Å². The second kappa shape index (κ2) is 11.3. The summed E-state index contributed by atoms with van der Waals surface area (Å²) in [5.41, 5.74) is 2.18.